The fourth-order valence-electron chi connectivity index (χ4n) is 2.56. The van der Waals surface area contributed by atoms with Crippen molar-refractivity contribution in [2.75, 3.05) is 12.8 Å². The number of carbonyl (C=O) groups excluding carboxylic acids is 2. The first-order chi connectivity index (χ1) is 13.2. The highest BCUT2D eigenvalue weighted by Gasteiger charge is 2.30. The highest BCUT2D eigenvalue weighted by Crippen LogP contribution is 2.32. The van der Waals surface area contributed by atoms with Crippen LogP contribution in [0.4, 0.5) is 13.2 Å². The highest BCUT2D eigenvalue weighted by molar-refractivity contribution is 7.99. The van der Waals surface area contributed by atoms with Crippen molar-refractivity contribution >= 4 is 23.6 Å². The topological polar surface area (TPSA) is 49.4 Å². The van der Waals surface area contributed by atoms with Crippen LogP contribution < -0.4 is 5.32 Å². The van der Waals surface area contributed by atoms with E-state index in [2.05, 4.69) is 5.32 Å². The summed E-state index contributed by atoms with van der Waals surface area (Å²) in [5.41, 5.74) is 0.187. The fraction of sp³-hybridized carbons (Fsp3) is 0.300. The molecule has 0 aliphatic heterocycles. The summed E-state index contributed by atoms with van der Waals surface area (Å²) in [6.07, 6.45) is -4.43. The first-order valence-electron chi connectivity index (χ1n) is 8.53. The number of amides is 2. The molecule has 0 fully saturated rings. The maximum absolute atomic E-state index is 12.9. The molecule has 2 aromatic rings. The van der Waals surface area contributed by atoms with Crippen LogP contribution in [0.2, 0.25) is 0 Å². The second kappa shape index (κ2) is 9.64. The monoisotopic (exact) mass is 410 g/mol. The third kappa shape index (κ3) is 6.60. The van der Waals surface area contributed by atoms with Gasteiger partial charge in [0, 0.05) is 31.2 Å². The number of rotatable bonds is 7. The predicted octanol–water partition coefficient (Wildman–Crippen LogP) is 3.96. The summed E-state index contributed by atoms with van der Waals surface area (Å²) in [7, 11) is 1.62. The lowest BCUT2D eigenvalue weighted by Gasteiger charge is -2.24. The summed E-state index contributed by atoms with van der Waals surface area (Å²) >= 11 is 1.09. The molecule has 0 saturated carbocycles. The van der Waals surface area contributed by atoms with Gasteiger partial charge in [0.05, 0.1) is 5.56 Å². The maximum atomic E-state index is 12.9. The molecule has 8 heteroatoms. The Morgan fingerprint density at radius 3 is 2.39 bits per heavy atom. The highest BCUT2D eigenvalue weighted by atomic mass is 32.2. The molecule has 0 saturated heterocycles. The van der Waals surface area contributed by atoms with Gasteiger partial charge >= 0.3 is 6.18 Å². The molecule has 2 amide bonds. The van der Waals surface area contributed by atoms with Crippen LogP contribution in [0.5, 0.6) is 0 Å². The van der Waals surface area contributed by atoms with Crippen LogP contribution in [0, 0.1) is 0 Å². The van der Waals surface area contributed by atoms with Gasteiger partial charge in [-0.25, -0.2) is 0 Å². The van der Waals surface area contributed by atoms with E-state index in [1.165, 1.54) is 17.9 Å². The van der Waals surface area contributed by atoms with Crippen LogP contribution in [-0.4, -0.2) is 35.6 Å². The van der Waals surface area contributed by atoms with E-state index in [9.17, 15) is 22.8 Å². The molecule has 150 valence electrons. The quantitative estimate of drug-likeness (QED) is 0.703. The van der Waals surface area contributed by atoms with Crippen molar-refractivity contribution in [3.63, 3.8) is 0 Å². The van der Waals surface area contributed by atoms with Crippen molar-refractivity contribution < 1.29 is 22.8 Å². The Morgan fingerprint density at radius 1 is 1.11 bits per heavy atom. The largest absolute Gasteiger partial charge is 0.416 e. The predicted molar refractivity (Wildman–Crippen MR) is 103 cm³/mol. The molecule has 0 aromatic heterocycles. The van der Waals surface area contributed by atoms with E-state index >= 15 is 0 Å². The zero-order valence-electron chi connectivity index (χ0n) is 15.5. The van der Waals surface area contributed by atoms with Crippen molar-refractivity contribution in [2.24, 2.45) is 0 Å². The molecule has 28 heavy (non-hydrogen) atoms. The number of nitrogens with zero attached hydrogens (tertiary/aromatic N) is 1. The molecule has 2 rings (SSSR count). The molecular formula is C20H21F3N2O2S. The van der Waals surface area contributed by atoms with Crippen molar-refractivity contribution in [3.05, 3.63) is 65.7 Å². The molecular weight excluding hydrogens is 389 g/mol. The van der Waals surface area contributed by atoms with Crippen LogP contribution in [-0.2, 0) is 22.3 Å². The van der Waals surface area contributed by atoms with Gasteiger partial charge in [0.1, 0.15) is 6.04 Å². The van der Waals surface area contributed by atoms with Gasteiger partial charge in [-0.2, -0.15) is 13.2 Å². The number of likely N-dealkylation sites (N-methyl/N-ethyl adjacent to an activating group) is 1. The van der Waals surface area contributed by atoms with Crippen molar-refractivity contribution in [1.29, 1.82) is 0 Å². The van der Waals surface area contributed by atoms with Gasteiger partial charge in [0.2, 0.25) is 11.8 Å². The maximum Gasteiger partial charge on any atom is 0.416 e. The normalized spacial score (nSPS) is 12.3. The summed E-state index contributed by atoms with van der Waals surface area (Å²) in [5, 5.41) is 2.59. The lowest BCUT2D eigenvalue weighted by Crippen LogP contribution is -2.48. The summed E-state index contributed by atoms with van der Waals surface area (Å²) in [6.45, 7) is 1.66. The minimum Gasteiger partial charge on any atom is -0.344 e. The van der Waals surface area contributed by atoms with E-state index in [0.717, 1.165) is 29.5 Å². The van der Waals surface area contributed by atoms with E-state index in [0.29, 0.717) is 11.4 Å². The van der Waals surface area contributed by atoms with Gasteiger partial charge in [-0.1, -0.05) is 36.4 Å². The summed E-state index contributed by atoms with van der Waals surface area (Å²) in [4.78, 5) is 26.1. The van der Waals surface area contributed by atoms with Crippen LogP contribution >= 0.6 is 11.8 Å². The number of carbonyl (C=O) groups is 2. The number of thioether (sulfide) groups is 1. The molecule has 0 spiro atoms. The van der Waals surface area contributed by atoms with E-state index in [4.69, 9.17) is 0 Å². The van der Waals surface area contributed by atoms with Crippen molar-refractivity contribution in [1.82, 2.24) is 10.2 Å². The Kier molecular flexibility index (Phi) is 7.51. The zero-order valence-corrected chi connectivity index (χ0v) is 16.3. The number of hydrogen-bond acceptors (Lipinski definition) is 3. The number of halogens is 3. The average molecular weight is 410 g/mol. The lowest BCUT2D eigenvalue weighted by molar-refractivity contribution is -0.137. The first-order valence-corrected chi connectivity index (χ1v) is 9.51. The Hall–Kier alpha value is -2.48. The molecule has 2 aromatic carbocycles. The second-order valence-corrected chi connectivity index (χ2v) is 7.36. The Morgan fingerprint density at radius 2 is 1.79 bits per heavy atom. The molecule has 0 aliphatic rings. The summed E-state index contributed by atoms with van der Waals surface area (Å²) in [6, 6.07) is 13.4. The van der Waals surface area contributed by atoms with Crippen molar-refractivity contribution in [3.8, 4) is 0 Å². The molecule has 0 heterocycles. The van der Waals surface area contributed by atoms with Crippen LogP contribution in [0.3, 0.4) is 0 Å². The first kappa shape index (κ1) is 21.8. The van der Waals surface area contributed by atoms with E-state index in [1.807, 2.05) is 30.3 Å². The molecule has 4 nitrogen and oxygen atoms in total. The smallest absolute Gasteiger partial charge is 0.344 e. The third-order valence-electron chi connectivity index (χ3n) is 3.89. The molecule has 1 atom stereocenters. The molecule has 1 unspecified atom stereocenters. The van der Waals surface area contributed by atoms with Gasteiger partial charge < -0.3 is 10.2 Å². The van der Waals surface area contributed by atoms with Gasteiger partial charge in [-0.15, -0.1) is 11.8 Å². The minimum atomic E-state index is -4.43. The van der Waals surface area contributed by atoms with Crippen LogP contribution in [0.15, 0.2) is 59.5 Å². The minimum absolute atomic E-state index is 0.124. The van der Waals surface area contributed by atoms with Crippen LogP contribution in [0.25, 0.3) is 0 Å². The molecule has 1 N–H and O–H groups in total. The number of benzene rings is 2. The SMILES string of the molecule is CC(=O)NC(CSc1cccc(C(F)(F)F)c1)C(=O)N(C)Cc1ccccc1. The van der Waals surface area contributed by atoms with E-state index < -0.39 is 17.8 Å². The van der Waals surface area contributed by atoms with Crippen molar-refractivity contribution in [2.45, 2.75) is 30.6 Å². The molecule has 0 radical (unpaired) electrons. The fourth-order valence-corrected chi connectivity index (χ4v) is 3.53. The number of alkyl halides is 3. The Labute approximate surface area is 166 Å². The summed E-state index contributed by atoms with van der Waals surface area (Å²) < 4.78 is 38.6. The number of hydrogen-bond donors (Lipinski definition) is 1. The van der Waals surface area contributed by atoms with Gasteiger partial charge in [-0.3, -0.25) is 9.59 Å². The standard InChI is InChI=1S/C20H21F3N2O2S/c1-14(26)24-18(19(27)25(2)12-15-7-4-3-5-8-15)13-28-17-10-6-9-16(11-17)20(21,22)23/h3-11,18H,12-13H2,1-2H3,(H,24,26). The van der Waals surface area contributed by atoms with Gasteiger partial charge in [-0.05, 0) is 23.8 Å². The van der Waals surface area contributed by atoms with E-state index in [1.54, 1.807) is 13.1 Å². The summed E-state index contributed by atoms with van der Waals surface area (Å²) in [5.74, 6) is -0.562. The molecule has 0 bridgehead atoms. The van der Waals surface area contributed by atoms with E-state index in [-0.39, 0.29) is 17.6 Å². The third-order valence-corrected chi connectivity index (χ3v) is 4.98. The van der Waals surface area contributed by atoms with Gasteiger partial charge in [0.15, 0.2) is 0 Å². The lowest BCUT2D eigenvalue weighted by atomic mass is 10.2. The Balaban J connectivity index is 2.06. The zero-order chi connectivity index (χ0) is 20.7. The Bertz CT molecular complexity index is 813. The van der Waals surface area contributed by atoms with Crippen LogP contribution in [0.1, 0.15) is 18.1 Å². The van der Waals surface area contributed by atoms with Gasteiger partial charge in [0.25, 0.3) is 0 Å². The number of nitrogens with one attached hydrogen (secondary N) is 1. The average Bonchev–Trinajstić information content (AvgIpc) is 2.64. The second-order valence-electron chi connectivity index (χ2n) is 6.27. The molecule has 0 aliphatic carbocycles.